The lowest BCUT2D eigenvalue weighted by molar-refractivity contribution is -0.0553. The molecule has 1 aliphatic heterocycles. The van der Waals surface area contributed by atoms with Crippen LogP contribution in [0.1, 0.15) is 39.5 Å². The fraction of sp³-hybridized carbons (Fsp3) is 0.714. The Hall–Kier alpha value is -1.96. The fourth-order valence-electron chi connectivity index (χ4n) is 2.81. The molecule has 4 rings (SSSR count). The average molecular weight is 304 g/mol. The van der Waals surface area contributed by atoms with Crippen LogP contribution < -0.4 is 10.6 Å². The van der Waals surface area contributed by atoms with Crippen LogP contribution in [0.4, 0.5) is 11.6 Å². The van der Waals surface area contributed by atoms with E-state index in [1.54, 1.807) is 0 Å². The largest absolute Gasteiger partial charge is 0.375 e. The quantitative estimate of drug-likeness (QED) is 0.884. The Bertz CT molecular complexity index is 681. The molecule has 0 amide bonds. The van der Waals surface area contributed by atoms with Crippen molar-refractivity contribution in [1.82, 2.24) is 20.3 Å². The molecule has 1 atom stereocenters. The number of hydrogen-bond acceptors (Lipinski definition) is 8. The summed E-state index contributed by atoms with van der Waals surface area (Å²) >= 11 is 0. The van der Waals surface area contributed by atoms with Crippen molar-refractivity contribution in [2.45, 2.75) is 57.2 Å². The number of anilines is 2. The molecule has 8 heteroatoms. The topological polar surface area (TPSA) is 98.0 Å². The molecule has 1 saturated carbocycles. The van der Waals surface area contributed by atoms with Gasteiger partial charge < -0.3 is 15.4 Å². The van der Waals surface area contributed by atoms with E-state index in [0.717, 1.165) is 31.1 Å². The number of ether oxygens (including phenoxy) is 1. The predicted molar refractivity (Wildman–Crippen MR) is 80.7 cm³/mol. The molecule has 1 aliphatic carbocycles. The Morgan fingerprint density at radius 1 is 0.955 bits per heavy atom. The number of fused-ring (bicyclic) bond motifs is 1. The highest BCUT2D eigenvalue weighted by Gasteiger charge is 2.30. The van der Waals surface area contributed by atoms with Crippen molar-refractivity contribution < 1.29 is 9.37 Å². The van der Waals surface area contributed by atoms with Gasteiger partial charge in [0, 0.05) is 18.7 Å². The molecule has 2 fully saturated rings. The van der Waals surface area contributed by atoms with Gasteiger partial charge in [0.15, 0.2) is 11.6 Å². The summed E-state index contributed by atoms with van der Waals surface area (Å²) < 4.78 is 10.5. The number of rotatable bonds is 4. The molecule has 1 unspecified atom stereocenters. The molecule has 2 aliphatic rings. The number of nitrogens with one attached hydrogen (secondary N) is 2. The Labute approximate surface area is 128 Å². The Morgan fingerprint density at radius 2 is 1.59 bits per heavy atom. The third-order valence-electron chi connectivity index (χ3n) is 4.07. The monoisotopic (exact) mass is 304 g/mol. The van der Waals surface area contributed by atoms with Gasteiger partial charge in [-0.2, -0.15) is 0 Å². The number of nitrogens with zero attached hydrogens (tertiary/aromatic N) is 4. The SMILES string of the molecule is CC1(C)CC(Nc2nc3nonc3nc2NC2CC2)CCO1. The van der Waals surface area contributed by atoms with E-state index in [9.17, 15) is 0 Å². The van der Waals surface area contributed by atoms with E-state index in [0.29, 0.717) is 23.4 Å². The first-order valence-corrected chi connectivity index (χ1v) is 7.76. The van der Waals surface area contributed by atoms with Crippen LogP contribution in [-0.4, -0.2) is 44.6 Å². The normalized spacial score (nSPS) is 24.4. The predicted octanol–water partition coefficient (Wildman–Crippen LogP) is 1.96. The lowest BCUT2D eigenvalue weighted by atomic mass is 9.94. The van der Waals surface area contributed by atoms with Gasteiger partial charge in [-0.25, -0.2) is 14.6 Å². The Balaban J connectivity index is 1.60. The van der Waals surface area contributed by atoms with Crippen molar-refractivity contribution in [1.29, 1.82) is 0 Å². The van der Waals surface area contributed by atoms with Crippen molar-refractivity contribution in [2.75, 3.05) is 17.2 Å². The van der Waals surface area contributed by atoms with Gasteiger partial charge in [0.1, 0.15) is 0 Å². The van der Waals surface area contributed by atoms with Crippen molar-refractivity contribution in [3.63, 3.8) is 0 Å². The molecule has 0 spiro atoms. The summed E-state index contributed by atoms with van der Waals surface area (Å²) in [4.78, 5) is 9.00. The van der Waals surface area contributed by atoms with Crippen LogP contribution in [0.5, 0.6) is 0 Å². The van der Waals surface area contributed by atoms with Crippen molar-refractivity contribution in [3.8, 4) is 0 Å². The standard InChI is InChI=1S/C14H20N6O2/c1-14(2)7-9(5-6-21-14)16-11-10(15-8-3-4-8)17-12-13(18-11)20-22-19-12/h8-9H,3-7H2,1-2H3,(H,15,17,19)(H,16,18,20). The molecule has 3 heterocycles. The maximum Gasteiger partial charge on any atom is 0.245 e. The zero-order valence-corrected chi connectivity index (χ0v) is 12.8. The van der Waals surface area contributed by atoms with Crippen molar-refractivity contribution in [3.05, 3.63) is 0 Å². The first-order valence-electron chi connectivity index (χ1n) is 7.76. The molecule has 8 nitrogen and oxygen atoms in total. The van der Waals surface area contributed by atoms with E-state index in [1.807, 2.05) is 0 Å². The molecule has 2 aromatic rings. The third-order valence-corrected chi connectivity index (χ3v) is 4.07. The van der Waals surface area contributed by atoms with Crippen molar-refractivity contribution >= 4 is 22.9 Å². The summed E-state index contributed by atoms with van der Waals surface area (Å²) in [7, 11) is 0. The smallest absolute Gasteiger partial charge is 0.245 e. The van der Waals surface area contributed by atoms with Gasteiger partial charge in [-0.1, -0.05) is 0 Å². The van der Waals surface area contributed by atoms with E-state index in [2.05, 4.69) is 44.8 Å². The van der Waals surface area contributed by atoms with Gasteiger partial charge in [-0.15, -0.1) is 0 Å². The Kier molecular flexibility index (Phi) is 3.14. The van der Waals surface area contributed by atoms with Crippen LogP contribution in [0.25, 0.3) is 11.3 Å². The summed E-state index contributed by atoms with van der Waals surface area (Å²) in [5.74, 6) is 1.45. The van der Waals surface area contributed by atoms with Crippen LogP contribution in [0.2, 0.25) is 0 Å². The summed E-state index contributed by atoms with van der Waals surface area (Å²) in [6, 6.07) is 0.786. The summed E-state index contributed by atoms with van der Waals surface area (Å²) in [6.45, 7) is 4.97. The first kappa shape index (κ1) is 13.7. The van der Waals surface area contributed by atoms with E-state index < -0.39 is 0 Å². The summed E-state index contributed by atoms with van der Waals surface area (Å²) in [6.07, 6.45) is 4.21. The van der Waals surface area contributed by atoms with Crippen LogP contribution >= 0.6 is 0 Å². The van der Waals surface area contributed by atoms with Gasteiger partial charge in [-0.3, -0.25) is 0 Å². The van der Waals surface area contributed by atoms with Crippen LogP contribution in [0, 0.1) is 0 Å². The van der Waals surface area contributed by atoms with Crippen molar-refractivity contribution in [2.24, 2.45) is 0 Å². The van der Waals surface area contributed by atoms with Gasteiger partial charge in [0.2, 0.25) is 11.3 Å². The summed E-state index contributed by atoms with van der Waals surface area (Å²) in [5.41, 5.74) is 0.739. The first-order chi connectivity index (χ1) is 10.6. The number of hydrogen-bond donors (Lipinski definition) is 2. The van der Waals surface area contributed by atoms with Gasteiger partial charge in [0.25, 0.3) is 0 Å². The van der Waals surface area contributed by atoms with E-state index >= 15 is 0 Å². The van der Waals surface area contributed by atoms with Gasteiger partial charge >= 0.3 is 0 Å². The lowest BCUT2D eigenvalue weighted by Crippen LogP contribution is -2.40. The molecule has 22 heavy (non-hydrogen) atoms. The average Bonchev–Trinajstić information content (AvgIpc) is 3.14. The second kappa shape index (κ2) is 5.05. The van der Waals surface area contributed by atoms with E-state index in [1.165, 1.54) is 12.8 Å². The zero-order valence-electron chi connectivity index (χ0n) is 12.8. The second-order valence-corrected chi connectivity index (χ2v) is 6.69. The Morgan fingerprint density at radius 3 is 2.18 bits per heavy atom. The molecule has 1 saturated heterocycles. The number of aromatic nitrogens is 4. The lowest BCUT2D eigenvalue weighted by Gasteiger charge is -2.36. The second-order valence-electron chi connectivity index (χ2n) is 6.69. The highest BCUT2D eigenvalue weighted by atomic mass is 16.6. The molecule has 2 N–H and O–H groups in total. The van der Waals surface area contributed by atoms with Gasteiger partial charge in [-0.05, 0) is 49.8 Å². The summed E-state index contributed by atoms with van der Waals surface area (Å²) in [5, 5.41) is 14.4. The highest BCUT2D eigenvalue weighted by Crippen LogP contribution is 2.31. The van der Waals surface area contributed by atoms with Gasteiger partial charge in [0.05, 0.1) is 5.60 Å². The zero-order chi connectivity index (χ0) is 15.2. The van der Waals surface area contributed by atoms with Crippen LogP contribution in [0.15, 0.2) is 4.63 Å². The molecule has 0 bridgehead atoms. The molecule has 0 aromatic carbocycles. The molecular weight excluding hydrogens is 284 g/mol. The minimum Gasteiger partial charge on any atom is -0.375 e. The van der Waals surface area contributed by atoms with Crippen LogP contribution in [-0.2, 0) is 4.74 Å². The molecule has 2 aromatic heterocycles. The maximum atomic E-state index is 5.77. The highest BCUT2D eigenvalue weighted by molar-refractivity contribution is 5.73. The molecule has 118 valence electrons. The molecular formula is C14H20N6O2. The van der Waals surface area contributed by atoms with Crippen LogP contribution in [0.3, 0.4) is 0 Å². The maximum absolute atomic E-state index is 5.77. The minimum atomic E-state index is -0.118. The van der Waals surface area contributed by atoms with E-state index in [-0.39, 0.29) is 5.60 Å². The minimum absolute atomic E-state index is 0.118. The fourth-order valence-corrected chi connectivity index (χ4v) is 2.81. The van der Waals surface area contributed by atoms with E-state index in [4.69, 9.17) is 9.37 Å². The third kappa shape index (κ3) is 2.83. The molecule has 0 radical (unpaired) electrons.